The number of nitrogens with zero attached hydrogens (tertiary/aromatic N) is 2. The minimum atomic E-state index is -0.0182. The van der Waals surface area contributed by atoms with Crippen LogP contribution in [0.15, 0.2) is 23.0 Å². The summed E-state index contributed by atoms with van der Waals surface area (Å²) in [5.74, 6) is 0.0741. The van der Waals surface area contributed by atoms with E-state index in [0.717, 1.165) is 24.3 Å². The Morgan fingerprint density at radius 2 is 2.07 bits per heavy atom. The van der Waals surface area contributed by atoms with E-state index in [4.69, 9.17) is 9.40 Å². The van der Waals surface area contributed by atoms with Crippen molar-refractivity contribution in [3.8, 4) is 0 Å². The highest BCUT2D eigenvalue weighted by atomic mass is 32.1. The number of hydrogen-bond acceptors (Lipinski definition) is 5. The van der Waals surface area contributed by atoms with Crippen molar-refractivity contribution >= 4 is 23.2 Å². The van der Waals surface area contributed by atoms with Crippen LogP contribution in [-0.2, 0) is 24.1 Å². The zero-order valence-electron chi connectivity index (χ0n) is 15.4. The monoisotopic (exact) mass is 387 g/mol. The number of fused-ring (bicyclic) bond motifs is 1. The molecule has 4 rings (SSSR count). The smallest absolute Gasteiger partial charge is 0.257 e. The van der Waals surface area contributed by atoms with Gasteiger partial charge >= 0.3 is 0 Å². The Bertz CT molecular complexity index is 768. The lowest BCUT2D eigenvalue weighted by molar-refractivity contribution is -0.126. The zero-order valence-corrected chi connectivity index (χ0v) is 16.2. The number of aromatic nitrogens is 1. The normalized spacial score (nSPS) is 17.6. The first-order chi connectivity index (χ1) is 13.2. The summed E-state index contributed by atoms with van der Waals surface area (Å²) in [6, 6.07) is 1.68. The Hall–Kier alpha value is -2.15. The lowest BCUT2D eigenvalue weighted by Gasteiger charge is -2.31. The van der Waals surface area contributed by atoms with Gasteiger partial charge in [-0.05, 0) is 44.6 Å². The van der Waals surface area contributed by atoms with Crippen molar-refractivity contribution in [1.82, 2.24) is 15.2 Å². The molecule has 0 aromatic carbocycles. The largest absolute Gasteiger partial charge is 0.472 e. The summed E-state index contributed by atoms with van der Waals surface area (Å²) in [7, 11) is 0. The fourth-order valence-corrected chi connectivity index (χ4v) is 5.02. The van der Waals surface area contributed by atoms with Crippen molar-refractivity contribution in [3.05, 3.63) is 39.7 Å². The van der Waals surface area contributed by atoms with Gasteiger partial charge in [0.2, 0.25) is 5.91 Å². The quantitative estimate of drug-likeness (QED) is 0.856. The Morgan fingerprint density at radius 1 is 1.26 bits per heavy atom. The number of carbonyl (C=O) groups is 2. The second kappa shape index (κ2) is 8.25. The number of rotatable bonds is 5. The molecule has 1 saturated heterocycles. The van der Waals surface area contributed by atoms with Crippen LogP contribution in [0.2, 0.25) is 0 Å². The Kier molecular flexibility index (Phi) is 5.57. The average molecular weight is 388 g/mol. The molecule has 2 amide bonds. The highest BCUT2D eigenvalue weighted by molar-refractivity contribution is 7.11. The Labute approximate surface area is 163 Å². The molecular weight excluding hydrogens is 362 g/mol. The second-order valence-corrected chi connectivity index (χ2v) is 8.47. The number of aryl methyl sites for hydroxylation is 2. The van der Waals surface area contributed by atoms with Crippen molar-refractivity contribution in [1.29, 1.82) is 0 Å². The third-order valence-corrected chi connectivity index (χ3v) is 6.67. The van der Waals surface area contributed by atoms with Crippen molar-refractivity contribution in [2.45, 2.75) is 44.9 Å². The molecule has 0 bridgehead atoms. The van der Waals surface area contributed by atoms with E-state index in [1.807, 2.05) is 11.3 Å². The highest BCUT2D eigenvalue weighted by Gasteiger charge is 2.28. The third kappa shape index (κ3) is 4.24. The van der Waals surface area contributed by atoms with E-state index in [1.54, 1.807) is 11.0 Å². The van der Waals surface area contributed by atoms with Crippen LogP contribution in [0.25, 0.3) is 0 Å². The van der Waals surface area contributed by atoms with E-state index in [9.17, 15) is 9.59 Å². The predicted molar refractivity (Wildman–Crippen MR) is 103 cm³/mol. The van der Waals surface area contributed by atoms with Gasteiger partial charge < -0.3 is 14.6 Å². The van der Waals surface area contributed by atoms with E-state index < -0.39 is 0 Å². The van der Waals surface area contributed by atoms with Gasteiger partial charge in [-0.1, -0.05) is 0 Å². The molecule has 6 nitrogen and oxygen atoms in total. The Balaban J connectivity index is 1.20. The molecular formula is C20H25N3O3S. The number of likely N-dealkylation sites (tertiary alicyclic amines) is 1. The molecule has 1 aliphatic heterocycles. The molecule has 0 spiro atoms. The van der Waals surface area contributed by atoms with Crippen LogP contribution in [0, 0.1) is 5.92 Å². The number of piperidine rings is 1. The van der Waals surface area contributed by atoms with Crippen LogP contribution in [-0.4, -0.2) is 41.3 Å². The second-order valence-electron chi connectivity index (χ2n) is 7.30. The van der Waals surface area contributed by atoms with E-state index in [0.29, 0.717) is 38.0 Å². The van der Waals surface area contributed by atoms with Gasteiger partial charge in [0.25, 0.3) is 5.91 Å². The summed E-state index contributed by atoms with van der Waals surface area (Å²) in [4.78, 5) is 32.7. The number of furan rings is 1. The maximum Gasteiger partial charge on any atom is 0.257 e. The summed E-state index contributed by atoms with van der Waals surface area (Å²) in [6.45, 7) is 1.86. The SMILES string of the molecule is O=C(NCCc1nc2c(s1)CCCC2)C1CCN(C(=O)c2ccoc2)CC1. The first kappa shape index (κ1) is 18.2. The topological polar surface area (TPSA) is 75.4 Å². The minimum Gasteiger partial charge on any atom is -0.472 e. The molecule has 0 radical (unpaired) electrons. The molecule has 0 unspecified atom stereocenters. The van der Waals surface area contributed by atoms with Gasteiger partial charge in [-0.3, -0.25) is 9.59 Å². The summed E-state index contributed by atoms with van der Waals surface area (Å²) in [5.41, 5.74) is 1.85. The lowest BCUT2D eigenvalue weighted by Crippen LogP contribution is -2.43. The molecule has 0 atom stereocenters. The van der Waals surface area contributed by atoms with Crippen molar-refractivity contribution in [3.63, 3.8) is 0 Å². The predicted octanol–water partition coefficient (Wildman–Crippen LogP) is 2.83. The molecule has 1 fully saturated rings. The van der Waals surface area contributed by atoms with E-state index in [-0.39, 0.29) is 17.7 Å². The van der Waals surface area contributed by atoms with Crippen molar-refractivity contribution in [2.75, 3.05) is 19.6 Å². The average Bonchev–Trinajstić information content (AvgIpc) is 3.37. The molecule has 2 aromatic rings. The lowest BCUT2D eigenvalue weighted by atomic mass is 9.95. The number of amides is 2. The van der Waals surface area contributed by atoms with Crippen LogP contribution in [0.1, 0.15) is 51.6 Å². The molecule has 1 aliphatic carbocycles. The third-order valence-electron chi connectivity index (χ3n) is 5.45. The maximum atomic E-state index is 12.4. The Morgan fingerprint density at radius 3 is 2.81 bits per heavy atom. The van der Waals surface area contributed by atoms with E-state index >= 15 is 0 Å². The van der Waals surface area contributed by atoms with Crippen LogP contribution in [0.5, 0.6) is 0 Å². The van der Waals surface area contributed by atoms with E-state index in [2.05, 4.69) is 5.32 Å². The van der Waals surface area contributed by atoms with Gasteiger partial charge in [-0.15, -0.1) is 11.3 Å². The van der Waals surface area contributed by atoms with Gasteiger partial charge in [0.15, 0.2) is 0 Å². The standard InChI is InChI=1S/C20H25N3O3S/c24-19(21-9-5-18-22-16-3-1-2-4-17(16)27-18)14-6-10-23(11-7-14)20(25)15-8-12-26-13-15/h8,12-14H,1-7,9-11H2,(H,21,24). The van der Waals surface area contributed by atoms with Gasteiger partial charge in [0.05, 0.1) is 22.5 Å². The first-order valence-corrected chi connectivity index (χ1v) is 10.6. The maximum absolute atomic E-state index is 12.4. The molecule has 144 valence electrons. The van der Waals surface area contributed by atoms with Crippen molar-refractivity contribution < 1.29 is 14.0 Å². The fourth-order valence-electron chi connectivity index (χ4n) is 3.86. The van der Waals surface area contributed by atoms with Crippen LogP contribution in [0.3, 0.4) is 0 Å². The highest BCUT2D eigenvalue weighted by Crippen LogP contribution is 2.26. The summed E-state index contributed by atoms with van der Waals surface area (Å²) < 4.78 is 4.98. The van der Waals surface area contributed by atoms with Gasteiger partial charge in [0.1, 0.15) is 6.26 Å². The van der Waals surface area contributed by atoms with Gasteiger partial charge in [0, 0.05) is 36.9 Å². The number of hydrogen-bond donors (Lipinski definition) is 1. The summed E-state index contributed by atoms with van der Waals surface area (Å²) in [6.07, 6.45) is 9.98. The first-order valence-electron chi connectivity index (χ1n) is 9.77. The van der Waals surface area contributed by atoms with Gasteiger partial charge in [-0.2, -0.15) is 0 Å². The summed E-state index contributed by atoms with van der Waals surface area (Å²) >= 11 is 1.81. The van der Waals surface area contributed by atoms with Crippen molar-refractivity contribution in [2.24, 2.45) is 5.92 Å². The van der Waals surface area contributed by atoms with Gasteiger partial charge in [-0.25, -0.2) is 4.98 Å². The molecule has 7 heteroatoms. The number of nitrogens with one attached hydrogen (secondary N) is 1. The molecule has 2 aromatic heterocycles. The zero-order chi connectivity index (χ0) is 18.6. The molecule has 27 heavy (non-hydrogen) atoms. The van der Waals surface area contributed by atoms with Crippen LogP contribution < -0.4 is 5.32 Å². The molecule has 2 aliphatic rings. The molecule has 3 heterocycles. The van der Waals surface area contributed by atoms with E-state index in [1.165, 1.54) is 35.9 Å². The molecule has 0 saturated carbocycles. The molecule has 1 N–H and O–H groups in total. The number of thiazole rings is 1. The summed E-state index contributed by atoms with van der Waals surface area (Å²) in [5, 5.41) is 4.20. The van der Waals surface area contributed by atoms with Crippen LogP contribution in [0.4, 0.5) is 0 Å². The number of carbonyl (C=O) groups excluding carboxylic acids is 2. The van der Waals surface area contributed by atoms with Crippen LogP contribution >= 0.6 is 11.3 Å². The fraction of sp³-hybridized carbons (Fsp3) is 0.550. The minimum absolute atomic E-state index is 0.0112.